The normalized spacial score (nSPS) is 12.8. The van der Waals surface area contributed by atoms with Crippen LogP contribution in [-0.2, 0) is 5.41 Å². The zero-order chi connectivity index (χ0) is 58.3. The van der Waals surface area contributed by atoms with E-state index in [4.69, 9.17) is 8.83 Å². The fourth-order valence-electron chi connectivity index (χ4n) is 15.6. The molecule has 17 aromatic rings. The Bertz CT molecular complexity index is 5700. The van der Waals surface area contributed by atoms with Gasteiger partial charge in [0.15, 0.2) is 11.2 Å². The van der Waals surface area contributed by atoms with Crippen LogP contribution in [0, 0.1) is 0 Å². The topological polar surface area (TPSA) is 32.8 Å². The van der Waals surface area contributed by atoms with Crippen LogP contribution in [0.5, 0.6) is 0 Å². The molecule has 0 N–H and O–H groups in total. The van der Waals surface area contributed by atoms with Crippen molar-refractivity contribution in [3.8, 4) is 44.5 Å². The lowest BCUT2D eigenvalue weighted by atomic mass is 9.68. The number of nitrogens with zero attached hydrogens (tertiary/aromatic N) is 2. The van der Waals surface area contributed by atoms with Crippen LogP contribution in [-0.4, -0.2) is 0 Å². The van der Waals surface area contributed by atoms with Crippen molar-refractivity contribution >= 4 is 110 Å². The van der Waals surface area contributed by atoms with Gasteiger partial charge in [-0.2, -0.15) is 0 Å². The van der Waals surface area contributed by atoms with Crippen molar-refractivity contribution in [3.05, 3.63) is 338 Å². The van der Waals surface area contributed by atoms with Gasteiger partial charge in [-0.1, -0.05) is 255 Å². The zero-order valence-electron chi connectivity index (χ0n) is 48.2. The van der Waals surface area contributed by atoms with Crippen molar-refractivity contribution in [2.75, 3.05) is 9.80 Å². The van der Waals surface area contributed by atoms with Gasteiger partial charge in [0, 0.05) is 55.4 Å². The molecule has 4 heteroatoms. The second-order valence-corrected chi connectivity index (χ2v) is 23.7. The maximum absolute atomic E-state index is 7.18. The predicted octanol–water partition coefficient (Wildman–Crippen LogP) is 23.6. The van der Waals surface area contributed by atoms with Crippen LogP contribution >= 0.6 is 0 Å². The summed E-state index contributed by atoms with van der Waals surface area (Å²) in [5, 5.41) is 11.6. The summed E-state index contributed by atoms with van der Waals surface area (Å²) in [6, 6.07) is 115. The first-order chi connectivity index (χ1) is 44.2. The Morgan fingerprint density at radius 1 is 0.236 bits per heavy atom. The molecule has 0 aliphatic heterocycles. The molecule has 0 radical (unpaired) electrons. The van der Waals surface area contributed by atoms with Crippen molar-refractivity contribution in [2.45, 2.75) is 5.41 Å². The number of fused-ring (bicyclic) bond motifs is 23. The maximum Gasteiger partial charge on any atom is 0.159 e. The van der Waals surface area contributed by atoms with Crippen LogP contribution in [0.3, 0.4) is 0 Å². The van der Waals surface area contributed by atoms with E-state index in [0.29, 0.717) is 0 Å². The second-order valence-electron chi connectivity index (χ2n) is 23.7. The molecular formula is C85H52N2O2. The van der Waals surface area contributed by atoms with Gasteiger partial charge >= 0.3 is 0 Å². The summed E-state index contributed by atoms with van der Waals surface area (Å²) in [5.74, 6) is 0. The molecule has 0 bridgehead atoms. The molecule has 2 heterocycles. The molecule has 0 unspecified atom stereocenters. The third-order valence-electron chi connectivity index (χ3n) is 19.2. The first kappa shape index (κ1) is 49.5. The van der Waals surface area contributed by atoms with Crippen molar-refractivity contribution < 1.29 is 8.83 Å². The summed E-state index contributed by atoms with van der Waals surface area (Å²) < 4.78 is 14.3. The minimum atomic E-state index is -0.687. The summed E-state index contributed by atoms with van der Waals surface area (Å²) in [6.07, 6.45) is 0. The molecular weight excluding hydrogens is 1080 g/mol. The van der Waals surface area contributed by atoms with E-state index in [0.717, 1.165) is 106 Å². The van der Waals surface area contributed by atoms with E-state index in [2.05, 4.69) is 325 Å². The second kappa shape index (κ2) is 19.1. The van der Waals surface area contributed by atoms with Gasteiger partial charge in [-0.3, -0.25) is 0 Å². The van der Waals surface area contributed by atoms with Gasteiger partial charge < -0.3 is 18.6 Å². The number of anilines is 6. The molecule has 0 saturated carbocycles. The van der Waals surface area contributed by atoms with E-state index in [9.17, 15) is 0 Å². The zero-order valence-corrected chi connectivity index (χ0v) is 48.2. The summed E-state index contributed by atoms with van der Waals surface area (Å²) in [7, 11) is 0. The molecule has 4 nitrogen and oxygen atoms in total. The lowest BCUT2D eigenvalue weighted by Gasteiger charge is -2.33. The highest BCUT2D eigenvalue weighted by Gasteiger charge is 2.54. The van der Waals surface area contributed by atoms with Gasteiger partial charge in [-0.05, 0) is 149 Å². The summed E-state index contributed by atoms with van der Waals surface area (Å²) >= 11 is 0. The monoisotopic (exact) mass is 1130 g/mol. The predicted molar refractivity (Wildman–Crippen MR) is 370 cm³/mol. The van der Waals surface area contributed by atoms with Crippen LogP contribution < -0.4 is 9.80 Å². The van der Waals surface area contributed by atoms with Gasteiger partial charge in [0.1, 0.15) is 11.2 Å². The highest BCUT2D eigenvalue weighted by Crippen LogP contribution is 2.67. The average Bonchev–Trinajstić information content (AvgIpc) is 1.50. The molecule has 2 aromatic heterocycles. The van der Waals surface area contributed by atoms with Crippen LogP contribution in [0.2, 0.25) is 0 Å². The average molecular weight is 1130 g/mol. The van der Waals surface area contributed by atoms with Gasteiger partial charge in [-0.15, -0.1) is 0 Å². The largest absolute Gasteiger partial charge is 0.453 e. The number of furan rings is 2. The Hall–Kier alpha value is -11.7. The van der Waals surface area contributed by atoms with Gasteiger partial charge in [0.05, 0.1) is 16.8 Å². The smallest absolute Gasteiger partial charge is 0.159 e. The Morgan fingerprint density at radius 3 is 1.21 bits per heavy atom. The van der Waals surface area contributed by atoms with Crippen molar-refractivity contribution in [2.24, 2.45) is 0 Å². The SMILES string of the molecule is c1ccc(-c2cccc3c2oc2c(N(c4ccccc4)c4ccc5c6c(ccc5c4)-c4c(c5ccc(N(c7ccccc7)c7cccc8c7oc7c(-c9ccccc9)cccc78)cc5c5ccccc45)C64c5ccccc5-c5ccccc54)cccc23)cc1. The first-order valence-corrected chi connectivity index (χ1v) is 30.6. The summed E-state index contributed by atoms with van der Waals surface area (Å²) in [5.41, 5.74) is 23.6. The highest BCUT2D eigenvalue weighted by atomic mass is 16.3. The maximum atomic E-state index is 7.18. The van der Waals surface area contributed by atoms with Crippen LogP contribution in [0.1, 0.15) is 22.3 Å². The minimum Gasteiger partial charge on any atom is -0.453 e. The molecule has 19 rings (SSSR count). The molecule has 89 heavy (non-hydrogen) atoms. The van der Waals surface area contributed by atoms with Crippen molar-refractivity contribution in [3.63, 3.8) is 0 Å². The number of hydrogen-bond acceptors (Lipinski definition) is 4. The number of rotatable bonds is 8. The van der Waals surface area contributed by atoms with Crippen molar-refractivity contribution in [1.82, 2.24) is 0 Å². The van der Waals surface area contributed by atoms with E-state index >= 15 is 0 Å². The van der Waals surface area contributed by atoms with E-state index in [1.807, 2.05) is 0 Å². The molecule has 15 aromatic carbocycles. The first-order valence-electron chi connectivity index (χ1n) is 30.6. The molecule has 2 aliphatic carbocycles. The molecule has 2 aliphatic rings. The highest BCUT2D eigenvalue weighted by molar-refractivity contribution is 6.23. The molecule has 0 atom stereocenters. The lowest BCUT2D eigenvalue weighted by Crippen LogP contribution is -2.26. The Morgan fingerprint density at radius 2 is 0.663 bits per heavy atom. The Kier molecular flexibility index (Phi) is 10.7. The summed E-state index contributed by atoms with van der Waals surface area (Å²) in [4.78, 5) is 4.76. The summed E-state index contributed by atoms with van der Waals surface area (Å²) in [6.45, 7) is 0. The number of hydrogen-bond donors (Lipinski definition) is 0. The third kappa shape index (κ3) is 7.05. The molecule has 0 amide bonds. The van der Waals surface area contributed by atoms with Gasteiger partial charge in [0.2, 0.25) is 0 Å². The fraction of sp³-hybridized carbons (Fsp3) is 0.0118. The van der Waals surface area contributed by atoms with E-state index in [1.165, 1.54) is 71.4 Å². The quantitative estimate of drug-likeness (QED) is 0.142. The van der Waals surface area contributed by atoms with Crippen LogP contribution in [0.4, 0.5) is 34.1 Å². The Balaban J connectivity index is 0.846. The Labute approximate surface area is 513 Å². The van der Waals surface area contributed by atoms with Gasteiger partial charge in [0.25, 0.3) is 0 Å². The number of para-hydroxylation sites is 6. The fourth-order valence-corrected chi connectivity index (χ4v) is 15.6. The molecule has 1 spiro atoms. The van der Waals surface area contributed by atoms with E-state index < -0.39 is 5.41 Å². The third-order valence-corrected chi connectivity index (χ3v) is 19.2. The van der Waals surface area contributed by atoms with E-state index in [-0.39, 0.29) is 0 Å². The molecule has 0 saturated heterocycles. The minimum absolute atomic E-state index is 0.687. The molecule has 414 valence electrons. The van der Waals surface area contributed by atoms with E-state index in [1.54, 1.807) is 0 Å². The van der Waals surface area contributed by atoms with Gasteiger partial charge in [-0.25, -0.2) is 0 Å². The van der Waals surface area contributed by atoms with Crippen molar-refractivity contribution in [1.29, 1.82) is 0 Å². The van der Waals surface area contributed by atoms with Crippen LogP contribution in [0.25, 0.3) is 121 Å². The number of benzene rings is 15. The standard InChI is InChI=1S/C85H52N2O2/c1-5-23-53(24-6-1)61-35-19-37-68-70-39-21-43-76(83(70)88-81(61)68)86(56-27-9-3-10-28-56)58-46-49-60-55(51-58)45-48-72-78-66-34-14-13-31-63(66)73-52-59(47-50-67(73)80(78)85(79(60)72)74-41-17-15-32-64(74)65-33-16-18-42-75(65)85)87(57-29-11-4-12-30-57)77-44-22-40-71-69-38-20-36-62(82(69)89-84(71)77)54-25-7-2-8-26-54/h1-52H. The lowest BCUT2D eigenvalue weighted by molar-refractivity contribution is 0.670. The van der Waals surface area contributed by atoms with Crippen LogP contribution in [0.15, 0.2) is 324 Å². The molecule has 0 fully saturated rings.